The van der Waals surface area contributed by atoms with Crippen molar-refractivity contribution < 1.29 is 0 Å². The van der Waals surface area contributed by atoms with Gasteiger partial charge in [0.05, 0.1) is 9.48 Å². The maximum Gasteiger partial charge on any atom is 0.160 e. The zero-order chi connectivity index (χ0) is 7.56. The van der Waals surface area contributed by atoms with Crippen LogP contribution < -0.4 is 0 Å². The lowest BCUT2D eigenvalue weighted by atomic mass is 10.4. The van der Waals surface area contributed by atoms with Gasteiger partial charge in [0.25, 0.3) is 0 Å². The standard InChI is InChI=1S/C5H4Br3NS/c6-2-1-3-4(7)10-5(8)9-3/h1-2H2. The predicted molar refractivity (Wildman–Crippen MR) is 55.0 cm³/mol. The minimum absolute atomic E-state index is 0.940. The third-order valence-corrected chi connectivity index (χ3v) is 3.63. The highest BCUT2D eigenvalue weighted by atomic mass is 79.9. The average molecular weight is 350 g/mol. The maximum absolute atomic E-state index is 4.26. The Labute approximate surface area is 88.6 Å². The molecule has 10 heavy (non-hydrogen) atoms. The number of halogens is 3. The van der Waals surface area contributed by atoms with Crippen LogP contribution >= 0.6 is 59.1 Å². The van der Waals surface area contributed by atoms with Crippen molar-refractivity contribution in [3.63, 3.8) is 0 Å². The SMILES string of the molecule is BrCCc1nc(Br)sc1Br. The van der Waals surface area contributed by atoms with Crippen molar-refractivity contribution in [1.82, 2.24) is 4.98 Å². The third-order valence-electron chi connectivity index (χ3n) is 0.955. The van der Waals surface area contributed by atoms with Gasteiger partial charge in [-0.25, -0.2) is 4.98 Å². The Hall–Kier alpha value is 1.07. The van der Waals surface area contributed by atoms with Gasteiger partial charge >= 0.3 is 0 Å². The smallest absolute Gasteiger partial charge is 0.160 e. The van der Waals surface area contributed by atoms with E-state index in [-0.39, 0.29) is 0 Å². The van der Waals surface area contributed by atoms with Gasteiger partial charge in [-0.3, -0.25) is 0 Å². The first-order chi connectivity index (χ1) is 4.74. The van der Waals surface area contributed by atoms with Crippen molar-refractivity contribution in [2.24, 2.45) is 0 Å². The summed E-state index contributed by atoms with van der Waals surface area (Å²) < 4.78 is 2.06. The molecule has 0 bridgehead atoms. The summed E-state index contributed by atoms with van der Waals surface area (Å²) >= 11 is 11.7. The molecule has 0 N–H and O–H groups in total. The minimum atomic E-state index is 0.940. The Morgan fingerprint density at radius 1 is 1.40 bits per heavy atom. The molecule has 0 aliphatic carbocycles. The number of alkyl halides is 1. The molecule has 1 aromatic heterocycles. The van der Waals surface area contributed by atoms with Crippen LogP contribution in [0.3, 0.4) is 0 Å². The zero-order valence-electron chi connectivity index (χ0n) is 4.90. The molecule has 1 heterocycles. The third kappa shape index (κ3) is 2.29. The van der Waals surface area contributed by atoms with Crippen LogP contribution in [0.4, 0.5) is 0 Å². The first-order valence-corrected chi connectivity index (χ1v) is 6.13. The topological polar surface area (TPSA) is 12.9 Å². The Bertz CT molecular complexity index is 223. The lowest BCUT2D eigenvalue weighted by Crippen LogP contribution is -1.85. The molecule has 1 nitrogen and oxygen atoms in total. The van der Waals surface area contributed by atoms with Crippen molar-refractivity contribution in [2.45, 2.75) is 6.42 Å². The molecular formula is C5H4Br3NS. The second kappa shape index (κ2) is 4.18. The number of aromatic nitrogens is 1. The summed E-state index contributed by atoms with van der Waals surface area (Å²) in [4.78, 5) is 4.26. The summed E-state index contributed by atoms with van der Waals surface area (Å²) in [6.07, 6.45) is 0.975. The van der Waals surface area contributed by atoms with Gasteiger partial charge < -0.3 is 0 Å². The Morgan fingerprint density at radius 2 is 2.10 bits per heavy atom. The number of hydrogen-bond acceptors (Lipinski definition) is 2. The molecular weight excluding hydrogens is 346 g/mol. The van der Waals surface area contributed by atoms with Crippen LogP contribution in [0.5, 0.6) is 0 Å². The van der Waals surface area contributed by atoms with E-state index in [0.29, 0.717) is 0 Å². The first-order valence-electron chi connectivity index (χ1n) is 2.60. The van der Waals surface area contributed by atoms with Crippen LogP contribution in [0.1, 0.15) is 5.69 Å². The summed E-state index contributed by atoms with van der Waals surface area (Å²) in [5.41, 5.74) is 1.12. The first kappa shape index (κ1) is 9.16. The van der Waals surface area contributed by atoms with E-state index >= 15 is 0 Å². The van der Waals surface area contributed by atoms with E-state index in [1.165, 1.54) is 0 Å². The largest absolute Gasteiger partial charge is 0.233 e. The summed E-state index contributed by atoms with van der Waals surface area (Å²) in [5.74, 6) is 0. The molecule has 0 aliphatic heterocycles. The molecule has 0 unspecified atom stereocenters. The molecule has 56 valence electrons. The second-order valence-corrected chi connectivity index (χ2v) is 6.01. The van der Waals surface area contributed by atoms with E-state index < -0.39 is 0 Å². The van der Waals surface area contributed by atoms with E-state index in [1.807, 2.05) is 0 Å². The molecule has 0 saturated heterocycles. The quantitative estimate of drug-likeness (QED) is 0.743. The number of hydrogen-bond donors (Lipinski definition) is 0. The van der Waals surface area contributed by atoms with E-state index in [2.05, 4.69) is 52.8 Å². The Morgan fingerprint density at radius 3 is 2.50 bits per heavy atom. The van der Waals surface area contributed by atoms with Crippen LogP contribution in [0, 0.1) is 0 Å². The average Bonchev–Trinajstić information content (AvgIpc) is 2.13. The molecule has 0 saturated carbocycles. The fourth-order valence-electron chi connectivity index (χ4n) is 0.549. The van der Waals surface area contributed by atoms with Gasteiger partial charge in [0.1, 0.15) is 0 Å². The van der Waals surface area contributed by atoms with Gasteiger partial charge in [-0.05, 0) is 31.9 Å². The fourth-order valence-corrected chi connectivity index (χ4v) is 3.59. The molecule has 1 rings (SSSR count). The zero-order valence-corrected chi connectivity index (χ0v) is 10.5. The second-order valence-electron chi connectivity index (χ2n) is 1.63. The van der Waals surface area contributed by atoms with E-state index in [4.69, 9.17) is 0 Å². The van der Waals surface area contributed by atoms with Gasteiger partial charge in [0, 0.05) is 11.8 Å². The van der Waals surface area contributed by atoms with E-state index in [0.717, 1.165) is 25.1 Å². The van der Waals surface area contributed by atoms with Crippen LogP contribution in [0.15, 0.2) is 7.70 Å². The molecule has 0 spiro atoms. The van der Waals surface area contributed by atoms with Crippen LogP contribution in [0.2, 0.25) is 0 Å². The predicted octanol–water partition coefficient (Wildman–Crippen LogP) is 3.61. The molecule has 0 aliphatic rings. The molecule has 0 fully saturated rings. The van der Waals surface area contributed by atoms with Crippen molar-refractivity contribution in [1.29, 1.82) is 0 Å². The minimum Gasteiger partial charge on any atom is -0.233 e. The van der Waals surface area contributed by atoms with Crippen LogP contribution in [-0.4, -0.2) is 10.3 Å². The van der Waals surface area contributed by atoms with Crippen LogP contribution in [0.25, 0.3) is 0 Å². The monoisotopic (exact) mass is 347 g/mol. The van der Waals surface area contributed by atoms with Gasteiger partial charge in [0.15, 0.2) is 3.92 Å². The van der Waals surface area contributed by atoms with E-state index in [9.17, 15) is 0 Å². The van der Waals surface area contributed by atoms with Crippen molar-refractivity contribution >= 4 is 59.1 Å². The van der Waals surface area contributed by atoms with Crippen molar-refractivity contribution in [3.8, 4) is 0 Å². The normalized spacial score (nSPS) is 10.3. The number of nitrogens with zero attached hydrogens (tertiary/aromatic N) is 1. The molecule has 0 atom stereocenters. The highest BCUT2D eigenvalue weighted by molar-refractivity contribution is 9.12. The van der Waals surface area contributed by atoms with Gasteiger partial charge in [-0.1, -0.05) is 27.3 Å². The lowest BCUT2D eigenvalue weighted by Gasteiger charge is -1.88. The molecule has 5 heteroatoms. The maximum atomic E-state index is 4.26. The molecule has 0 aromatic carbocycles. The highest BCUT2D eigenvalue weighted by Gasteiger charge is 2.04. The summed E-state index contributed by atoms with van der Waals surface area (Å²) in [7, 11) is 0. The van der Waals surface area contributed by atoms with Crippen molar-refractivity contribution in [3.05, 3.63) is 13.4 Å². The fraction of sp³-hybridized carbons (Fsp3) is 0.400. The van der Waals surface area contributed by atoms with Crippen molar-refractivity contribution in [2.75, 3.05) is 5.33 Å². The summed E-state index contributed by atoms with van der Waals surface area (Å²) in [5, 5.41) is 0.960. The lowest BCUT2D eigenvalue weighted by molar-refractivity contribution is 1.07. The number of thiazole rings is 1. The summed E-state index contributed by atoms with van der Waals surface area (Å²) in [6.45, 7) is 0. The number of aryl methyl sites for hydroxylation is 1. The Kier molecular flexibility index (Phi) is 3.83. The molecule has 1 aromatic rings. The molecule has 0 radical (unpaired) electrons. The molecule has 0 amide bonds. The number of rotatable bonds is 2. The van der Waals surface area contributed by atoms with Gasteiger partial charge in [0.2, 0.25) is 0 Å². The highest BCUT2D eigenvalue weighted by Crippen LogP contribution is 2.28. The summed E-state index contributed by atoms with van der Waals surface area (Å²) in [6, 6.07) is 0. The van der Waals surface area contributed by atoms with E-state index in [1.54, 1.807) is 11.3 Å². The van der Waals surface area contributed by atoms with Gasteiger partial charge in [-0.15, -0.1) is 0 Å². The van der Waals surface area contributed by atoms with Crippen LogP contribution in [-0.2, 0) is 6.42 Å². The van der Waals surface area contributed by atoms with Gasteiger partial charge in [-0.2, -0.15) is 0 Å². The Balaban J connectivity index is 2.81.